The van der Waals surface area contributed by atoms with Crippen molar-refractivity contribution in [3.63, 3.8) is 0 Å². The Hall–Kier alpha value is -1.93. The number of nitrogens with zero attached hydrogens (tertiary/aromatic N) is 1. The quantitative estimate of drug-likeness (QED) is 0.825. The lowest BCUT2D eigenvalue weighted by molar-refractivity contribution is -0.120. The number of carbonyl (C=O) groups excluding carboxylic acids is 1. The predicted molar refractivity (Wildman–Crippen MR) is 89.6 cm³/mol. The molecule has 0 aliphatic carbocycles. The SMILES string of the molecule is CS(=O)(=O)N(CCNC(=O)Cc1cccs1)c1cccc(F)c1. The van der Waals surface area contributed by atoms with Crippen LogP contribution in [-0.4, -0.2) is 33.7 Å². The van der Waals surface area contributed by atoms with Gasteiger partial charge in [-0.1, -0.05) is 12.1 Å². The van der Waals surface area contributed by atoms with Crippen molar-refractivity contribution in [2.45, 2.75) is 6.42 Å². The molecule has 2 rings (SSSR count). The summed E-state index contributed by atoms with van der Waals surface area (Å²) in [5, 5.41) is 4.56. The van der Waals surface area contributed by atoms with Crippen LogP contribution in [0, 0.1) is 5.82 Å². The Morgan fingerprint density at radius 2 is 2.09 bits per heavy atom. The maximum absolute atomic E-state index is 13.3. The summed E-state index contributed by atoms with van der Waals surface area (Å²) >= 11 is 1.48. The third-order valence-electron chi connectivity index (χ3n) is 3.05. The van der Waals surface area contributed by atoms with Crippen molar-refractivity contribution in [3.05, 3.63) is 52.5 Å². The number of thiophene rings is 1. The summed E-state index contributed by atoms with van der Waals surface area (Å²) in [6, 6.07) is 9.07. The smallest absolute Gasteiger partial charge is 0.232 e. The minimum absolute atomic E-state index is 0.0401. The van der Waals surface area contributed by atoms with Crippen molar-refractivity contribution in [1.29, 1.82) is 0 Å². The van der Waals surface area contributed by atoms with Crippen LogP contribution in [0.5, 0.6) is 0 Å². The molecular formula is C15H17FN2O3S2. The van der Waals surface area contributed by atoms with E-state index in [0.29, 0.717) is 0 Å². The molecule has 8 heteroatoms. The first-order valence-corrected chi connectivity index (χ1v) is 9.61. The molecule has 23 heavy (non-hydrogen) atoms. The molecule has 0 fully saturated rings. The van der Waals surface area contributed by atoms with Crippen molar-refractivity contribution >= 4 is 33.0 Å². The van der Waals surface area contributed by atoms with Crippen LogP contribution >= 0.6 is 11.3 Å². The Morgan fingerprint density at radius 1 is 1.30 bits per heavy atom. The highest BCUT2D eigenvalue weighted by Gasteiger charge is 2.17. The zero-order valence-electron chi connectivity index (χ0n) is 12.5. The number of halogens is 1. The van der Waals surface area contributed by atoms with Gasteiger partial charge in [-0.15, -0.1) is 11.3 Å². The van der Waals surface area contributed by atoms with Gasteiger partial charge >= 0.3 is 0 Å². The molecule has 0 unspecified atom stereocenters. The minimum Gasteiger partial charge on any atom is -0.354 e. The number of amides is 1. The van der Waals surface area contributed by atoms with Gasteiger partial charge in [-0.25, -0.2) is 12.8 Å². The van der Waals surface area contributed by atoms with Gasteiger partial charge in [0.1, 0.15) is 5.82 Å². The molecule has 0 aliphatic rings. The molecule has 1 aromatic heterocycles. The lowest BCUT2D eigenvalue weighted by Gasteiger charge is -2.22. The van der Waals surface area contributed by atoms with Gasteiger partial charge in [-0.05, 0) is 29.6 Å². The summed E-state index contributed by atoms with van der Waals surface area (Å²) in [7, 11) is -3.57. The highest BCUT2D eigenvalue weighted by Crippen LogP contribution is 2.18. The first kappa shape index (κ1) is 17.4. The number of carbonyl (C=O) groups is 1. The lowest BCUT2D eigenvalue weighted by atomic mass is 10.3. The van der Waals surface area contributed by atoms with E-state index in [1.54, 1.807) is 0 Å². The molecule has 2 aromatic rings. The van der Waals surface area contributed by atoms with Gasteiger partial charge < -0.3 is 5.32 Å². The Kier molecular flexibility index (Phi) is 5.73. The molecular weight excluding hydrogens is 339 g/mol. The molecule has 0 saturated heterocycles. The number of rotatable bonds is 7. The summed E-state index contributed by atoms with van der Waals surface area (Å²) in [5.41, 5.74) is 0.236. The second-order valence-corrected chi connectivity index (χ2v) is 7.86. The number of sulfonamides is 1. The zero-order valence-corrected chi connectivity index (χ0v) is 14.2. The topological polar surface area (TPSA) is 66.5 Å². The van der Waals surface area contributed by atoms with Gasteiger partial charge in [0.2, 0.25) is 15.9 Å². The predicted octanol–water partition coefficient (Wildman–Crippen LogP) is 2.01. The molecule has 0 spiro atoms. The Morgan fingerprint density at radius 3 is 2.70 bits per heavy atom. The van der Waals surface area contributed by atoms with E-state index >= 15 is 0 Å². The average molecular weight is 356 g/mol. The van der Waals surface area contributed by atoms with Crippen molar-refractivity contribution in [2.75, 3.05) is 23.7 Å². The Labute approximate surface area is 138 Å². The number of benzene rings is 1. The fourth-order valence-electron chi connectivity index (χ4n) is 2.05. The van der Waals surface area contributed by atoms with Gasteiger partial charge in [-0.3, -0.25) is 9.10 Å². The van der Waals surface area contributed by atoms with Gasteiger partial charge in [0.25, 0.3) is 0 Å². The van der Waals surface area contributed by atoms with Crippen LogP contribution < -0.4 is 9.62 Å². The second kappa shape index (κ2) is 7.56. The van der Waals surface area contributed by atoms with Gasteiger partial charge in [0, 0.05) is 11.4 Å². The molecule has 5 nitrogen and oxygen atoms in total. The molecule has 0 atom stereocenters. The first-order valence-electron chi connectivity index (χ1n) is 6.88. The van der Waals surface area contributed by atoms with E-state index in [1.807, 2.05) is 17.5 Å². The molecule has 0 bridgehead atoms. The monoisotopic (exact) mass is 356 g/mol. The van der Waals surface area contributed by atoms with Crippen LogP contribution in [0.1, 0.15) is 4.88 Å². The van der Waals surface area contributed by atoms with Crippen LogP contribution in [0.15, 0.2) is 41.8 Å². The first-order chi connectivity index (χ1) is 10.9. The Balaban J connectivity index is 1.96. The molecule has 1 N–H and O–H groups in total. The van der Waals surface area contributed by atoms with Gasteiger partial charge in [-0.2, -0.15) is 0 Å². The van der Waals surface area contributed by atoms with Crippen LogP contribution in [0.25, 0.3) is 0 Å². The molecule has 0 aliphatic heterocycles. The second-order valence-electron chi connectivity index (χ2n) is 4.92. The largest absolute Gasteiger partial charge is 0.354 e. The van der Waals surface area contributed by atoms with Crippen molar-refractivity contribution in [3.8, 4) is 0 Å². The number of anilines is 1. The summed E-state index contributed by atoms with van der Waals surface area (Å²) in [6.45, 7) is 0.187. The molecule has 0 radical (unpaired) electrons. The highest BCUT2D eigenvalue weighted by molar-refractivity contribution is 7.92. The molecule has 1 aromatic carbocycles. The highest BCUT2D eigenvalue weighted by atomic mass is 32.2. The normalized spacial score (nSPS) is 11.2. The maximum Gasteiger partial charge on any atom is 0.232 e. The fraction of sp³-hybridized carbons (Fsp3) is 0.267. The molecule has 1 amide bonds. The van der Waals surface area contributed by atoms with Crippen molar-refractivity contribution < 1.29 is 17.6 Å². The van der Waals surface area contributed by atoms with Crippen LogP contribution in [0.2, 0.25) is 0 Å². The fourth-order valence-corrected chi connectivity index (χ4v) is 3.67. The zero-order chi connectivity index (χ0) is 16.9. The number of hydrogen-bond acceptors (Lipinski definition) is 4. The molecule has 1 heterocycles. The number of nitrogens with one attached hydrogen (secondary N) is 1. The lowest BCUT2D eigenvalue weighted by Crippen LogP contribution is -2.38. The van der Waals surface area contributed by atoms with Gasteiger partial charge in [0.05, 0.1) is 24.9 Å². The van der Waals surface area contributed by atoms with E-state index in [0.717, 1.165) is 21.5 Å². The van der Waals surface area contributed by atoms with Crippen LogP contribution in [0.4, 0.5) is 10.1 Å². The van der Waals surface area contributed by atoms with E-state index in [-0.39, 0.29) is 31.1 Å². The third kappa shape index (κ3) is 5.33. The van der Waals surface area contributed by atoms with E-state index < -0.39 is 15.8 Å². The summed E-state index contributed by atoms with van der Waals surface area (Å²) in [5.74, 6) is -0.696. The Bertz CT molecular complexity index is 761. The summed E-state index contributed by atoms with van der Waals surface area (Å²) in [4.78, 5) is 12.7. The third-order valence-corrected chi connectivity index (χ3v) is 5.12. The molecule has 124 valence electrons. The number of hydrogen-bond donors (Lipinski definition) is 1. The average Bonchev–Trinajstić information content (AvgIpc) is 2.95. The summed E-state index contributed by atoms with van der Waals surface area (Å²) < 4.78 is 38.1. The van der Waals surface area contributed by atoms with Crippen LogP contribution in [-0.2, 0) is 21.2 Å². The van der Waals surface area contributed by atoms with Crippen LogP contribution in [0.3, 0.4) is 0 Å². The molecule has 0 saturated carbocycles. The van der Waals surface area contributed by atoms with Crippen molar-refractivity contribution in [1.82, 2.24) is 5.32 Å². The van der Waals surface area contributed by atoms with E-state index in [1.165, 1.54) is 29.5 Å². The van der Waals surface area contributed by atoms with E-state index in [2.05, 4.69) is 5.32 Å². The van der Waals surface area contributed by atoms with Gasteiger partial charge in [0.15, 0.2) is 0 Å². The summed E-state index contributed by atoms with van der Waals surface area (Å²) in [6.07, 6.45) is 1.31. The maximum atomic E-state index is 13.3. The van der Waals surface area contributed by atoms with E-state index in [9.17, 15) is 17.6 Å². The van der Waals surface area contributed by atoms with E-state index in [4.69, 9.17) is 0 Å². The van der Waals surface area contributed by atoms with Crippen molar-refractivity contribution in [2.24, 2.45) is 0 Å². The minimum atomic E-state index is -3.57. The standard InChI is InChI=1S/C15H17FN2O3S2/c1-23(20,21)18(13-5-2-4-12(16)10-13)8-7-17-15(19)11-14-6-3-9-22-14/h2-6,9-10H,7-8,11H2,1H3,(H,17,19).